The minimum Gasteiger partial charge on any atom is -0.491 e. The fourth-order valence-electron chi connectivity index (χ4n) is 1.79. The van der Waals surface area contributed by atoms with Crippen LogP contribution >= 0.6 is 15.9 Å². The highest BCUT2D eigenvalue weighted by Gasteiger charge is 2.15. The van der Waals surface area contributed by atoms with E-state index in [1.54, 1.807) is 0 Å². The van der Waals surface area contributed by atoms with Crippen molar-refractivity contribution in [2.75, 3.05) is 23.9 Å². The summed E-state index contributed by atoms with van der Waals surface area (Å²) in [6, 6.07) is 7.34. The molecule has 1 aliphatic rings. The summed E-state index contributed by atoms with van der Waals surface area (Å²) in [5.41, 5.74) is 0.768. The maximum atomic E-state index is 11.2. The lowest BCUT2D eigenvalue weighted by Crippen LogP contribution is -2.16. The predicted octanol–water partition coefficient (Wildman–Crippen LogP) is 2.58. The number of carbonyl (C=O) groups is 1. The first-order chi connectivity index (χ1) is 8.78. The van der Waals surface area contributed by atoms with Crippen LogP contribution < -0.4 is 10.1 Å². The molecule has 0 aliphatic carbocycles. The summed E-state index contributed by atoms with van der Waals surface area (Å²) in [4.78, 5) is 11.2. The van der Waals surface area contributed by atoms with Gasteiger partial charge in [0.15, 0.2) is 0 Å². The first kappa shape index (κ1) is 13.4. The molecule has 1 atom stereocenters. The molecule has 1 amide bonds. The summed E-state index contributed by atoms with van der Waals surface area (Å²) in [6.07, 6.45) is 2.41. The Balaban J connectivity index is 1.81. The standard InChI is InChI=1S/C13H16BrNO3/c14-8-13(16)15-10-3-5-11(6-4-10)18-9-12-2-1-7-17-12/h3-6,12H,1-2,7-9H2,(H,15,16)/t12-/m1/s1. The van der Waals surface area contributed by atoms with Crippen LogP contribution in [-0.2, 0) is 9.53 Å². The van der Waals surface area contributed by atoms with E-state index < -0.39 is 0 Å². The number of alkyl halides is 1. The van der Waals surface area contributed by atoms with Crippen molar-refractivity contribution >= 4 is 27.5 Å². The maximum Gasteiger partial charge on any atom is 0.235 e. The molecule has 1 aromatic carbocycles. The number of hydrogen-bond acceptors (Lipinski definition) is 3. The van der Waals surface area contributed by atoms with Gasteiger partial charge in [-0.15, -0.1) is 0 Å². The molecule has 1 N–H and O–H groups in total. The largest absolute Gasteiger partial charge is 0.491 e. The van der Waals surface area contributed by atoms with E-state index in [1.165, 1.54) is 0 Å². The summed E-state index contributed by atoms with van der Waals surface area (Å²) in [6.45, 7) is 1.43. The molecule has 2 rings (SSSR count). The number of nitrogens with one attached hydrogen (secondary N) is 1. The molecule has 0 saturated carbocycles. The molecular formula is C13H16BrNO3. The summed E-state index contributed by atoms with van der Waals surface area (Å²) in [5, 5.41) is 3.05. The Kier molecular flexibility index (Phi) is 5.01. The molecule has 98 valence electrons. The molecule has 1 fully saturated rings. The lowest BCUT2D eigenvalue weighted by atomic mass is 10.2. The van der Waals surface area contributed by atoms with Crippen molar-refractivity contribution in [3.63, 3.8) is 0 Å². The second-order valence-corrected chi connectivity index (χ2v) is 4.71. The molecule has 0 bridgehead atoms. The van der Waals surface area contributed by atoms with Gasteiger partial charge in [-0.05, 0) is 37.1 Å². The van der Waals surface area contributed by atoms with Crippen LogP contribution in [-0.4, -0.2) is 30.6 Å². The zero-order chi connectivity index (χ0) is 12.8. The number of carbonyl (C=O) groups excluding carboxylic acids is 1. The Morgan fingerprint density at radius 1 is 1.44 bits per heavy atom. The number of rotatable bonds is 5. The van der Waals surface area contributed by atoms with Crippen molar-refractivity contribution in [2.24, 2.45) is 0 Å². The highest BCUT2D eigenvalue weighted by atomic mass is 79.9. The summed E-state index contributed by atoms with van der Waals surface area (Å²) in [5.74, 6) is 0.727. The molecular weight excluding hydrogens is 298 g/mol. The second-order valence-electron chi connectivity index (χ2n) is 4.15. The zero-order valence-electron chi connectivity index (χ0n) is 10.0. The Labute approximate surface area is 115 Å². The van der Waals surface area contributed by atoms with E-state index in [1.807, 2.05) is 24.3 Å². The van der Waals surface area contributed by atoms with E-state index in [2.05, 4.69) is 21.2 Å². The van der Waals surface area contributed by atoms with Gasteiger partial charge in [0.2, 0.25) is 5.91 Å². The van der Waals surface area contributed by atoms with Crippen molar-refractivity contribution < 1.29 is 14.3 Å². The molecule has 0 radical (unpaired) electrons. The van der Waals surface area contributed by atoms with Crippen molar-refractivity contribution in [3.05, 3.63) is 24.3 Å². The topological polar surface area (TPSA) is 47.6 Å². The number of anilines is 1. The summed E-state index contributed by atoms with van der Waals surface area (Å²) in [7, 11) is 0. The van der Waals surface area contributed by atoms with Gasteiger partial charge >= 0.3 is 0 Å². The number of halogens is 1. The van der Waals surface area contributed by atoms with Crippen LogP contribution in [0, 0.1) is 0 Å². The molecule has 5 heteroatoms. The van der Waals surface area contributed by atoms with Gasteiger partial charge in [-0.2, -0.15) is 0 Å². The molecule has 0 aromatic heterocycles. The van der Waals surface area contributed by atoms with E-state index in [0.29, 0.717) is 11.9 Å². The minimum atomic E-state index is -0.0666. The SMILES string of the molecule is O=C(CBr)Nc1ccc(OC[C@H]2CCCO2)cc1. The first-order valence-electron chi connectivity index (χ1n) is 5.98. The van der Waals surface area contributed by atoms with Crippen molar-refractivity contribution in [3.8, 4) is 5.75 Å². The van der Waals surface area contributed by atoms with Crippen molar-refractivity contribution in [1.82, 2.24) is 0 Å². The van der Waals surface area contributed by atoms with E-state index in [9.17, 15) is 4.79 Å². The second kappa shape index (κ2) is 6.75. The van der Waals surface area contributed by atoms with Crippen LogP contribution in [0.4, 0.5) is 5.69 Å². The van der Waals surface area contributed by atoms with Gasteiger partial charge in [0, 0.05) is 12.3 Å². The third kappa shape index (κ3) is 3.99. The van der Waals surface area contributed by atoms with Crippen LogP contribution in [0.15, 0.2) is 24.3 Å². The van der Waals surface area contributed by atoms with Gasteiger partial charge in [-0.3, -0.25) is 4.79 Å². The van der Waals surface area contributed by atoms with Crippen molar-refractivity contribution in [2.45, 2.75) is 18.9 Å². The summed E-state index contributed by atoms with van der Waals surface area (Å²) < 4.78 is 11.1. The Bertz CT molecular complexity index is 388. The van der Waals surface area contributed by atoms with Crippen LogP contribution in [0.5, 0.6) is 5.75 Å². The molecule has 0 spiro atoms. The average Bonchev–Trinajstić information content (AvgIpc) is 2.91. The molecule has 4 nitrogen and oxygen atoms in total. The Morgan fingerprint density at radius 3 is 2.83 bits per heavy atom. The van der Waals surface area contributed by atoms with Gasteiger partial charge in [0.05, 0.1) is 11.4 Å². The zero-order valence-corrected chi connectivity index (χ0v) is 11.6. The quantitative estimate of drug-likeness (QED) is 0.850. The van der Waals surface area contributed by atoms with Crippen LogP contribution in [0.1, 0.15) is 12.8 Å². The number of benzene rings is 1. The fraction of sp³-hybridized carbons (Fsp3) is 0.462. The van der Waals surface area contributed by atoms with Gasteiger partial charge in [0.1, 0.15) is 12.4 Å². The number of ether oxygens (including phenoxy) is 2. The molecule has 1 aliphatic heterocycles. The van der Waals surface area contributed by atoms with E-state index >= 15 is 0 Å². The smallest absolute Gasteiger partial charge is 0.235 e. The van der Waals surface area contributed by atoms with Crippen molar-refractivity contribution in [1.29, 1.82) is 0 Å². The van der Waals surface area contributed by atoms with Gasteiger partial charge in [-0.1, -0.05) is 15.9 Å². The maximum absolute atomic E-state index is 11.2. The van der Waals surface area contributed by atoms with Gasteiger partial charge in [-0.25, -0.2) is 0 Å². The van der Waals surface area contributed by atoms with Gasteiger partial charge in [0.25, 0.3) is 0 Å². The number of amides is 1. The van der Waals surface area contributed by atoms with Crippen LogP contribution in [0.25, 0.3) is 0 Å². The van der Waals surface area contributed by atoms with Crippen LogP contribution in [0.2, 0.25) is 0 Å². The third-order valence-electron chi connectivity index (χ3n) is 2.72. The molecule has 1 aromatic rings. The van der Waals surface area contributed by atoms with E-state index in [-0.39, 0.29) is 12.0 Å². The third-order valence-corrected chi connectivity index (χ3v) is 3.23. The highest BCUT2D eigenvalue weighted by molar-refractivity contribution is 9.09. The normalized spacial score (nSPS) is 18.6. The lowest BCUT2D eigenvalue weighted by Gasteiger charge is -2.11. The monoisotopic (exact) mass is 313 g/mol. The Hall–Kier alpha value is -1.07. The van der Waals surface area contributed by atoms with E-state index in [4.69, 9.17) is 9.47 Å². The summed E-state index contributed by atoms with van der Waals surface area (Å²) >= 11 is 3.10. The number of hydrogen-bond donors (Lipinski definition) is 1. The molecule has 0 unspecified atom stereocenters. The first-order valence-corrected chi connectivity index (χ1v) is 7.10. The molecule has 18 heavy (non-hydrogen) atoms. The molecule has 1 heterocycles. The average molecular weight is 314 g/mol. The molecule has 1 saturated heterocycles. The fourth-order valence-corrected chi connectivity index (χ4v) is 1.93. The minimum absolute atomic E-state index is 0.0666. The van der Waals surface area contributed by atoms with Crippen LogP contribution in [0.3, 0.4) is 0 Å². The lowest BCUT2D eigenvalue weighted by molar-refractivity contribution is -0.113. The predicted molar refractivity (Wildman–Crippen MR) is 73.3 cm³/mol. The highest BCUT2D eigenvalue weighted by Crippen LogP contribution is 2.18. The Morgan fingerprint density at radius 2 is 2.22 bits per heavy atom. The van der Waals surface area contributed by atoms with E-state index in [0.717, 1.165) is 30.9 Å². The van der Waals surface area contributed by atoms with Gasteiger partial charge < -0.3 is 14.8 Å².